The predicted molar refractivity (Wildman–Crippen MR) is 69.3 cm³/mol. The van der Waals surface area contributed by atoms with E-state index in [1.807, 2.05) is 4.90 Å². The third-order valence-corrected chi connectivity index (χ3v) is 3.25. The van der Waals surface area contributed by atoms with Gasteiger partial charge in [0.25, 0.3) is 0 Å². The minimum atomic E-state index is -0.819. The van der Waals surface area contributed by atoms with Crippen LogP contribution in [0.3, 0.4) is 0 Å². The van der Waals surface area contributed by atoms with E-state index in [0.29, 0.717) is 18.8 Å². The zero-order valence-electron chi connectivity index (χ0n) is 11.0. The van der Waals surface area contributed by atoms with Crippen molar-refractivity contribution in [2.24, 2.45) is 0 Å². The highest BCUT2D eigenvalue weighted by molar-refractivity contribution is 5.69. The summed E-state index contributed by atoms with van der Waals surface area (Å²) in [7, 11) is 0. The number of carboxylic acid groups (broad SMARTS) is 1. The van der Waals surface area contributed by atoms with Crippen LogP contribution >= 0.6 is 0 Å². The summed E-state index contributed by atoms with van der Waals surface area (Å²) in [5.74, 6) is -0.509. The number of carboxylic acids is 1. The van der Waals surface area contributed by atoms with Gasteiger partial charge in [-0.1, -0.05) is 0 Å². The smallest absolute Gasteiger partial charge is 0.433 e. The van der Waals surface area contributed by atoms with E-state index in [1.54, 1.807) is 6.07 Å². The van der Waals surface area contributed by atoms with Crippen LogP contribution in [0.2, 0.25) is 0 Å². The molecule has 0 spiro atoms. The Balaban J connectivity index is 1.87. The maximum atomic E-state index is 10.7. The van der Waals surface area contributed by atoms with Gasteiger partial charge in [0.05, 0.1) is 19.2 Å². The Morgan fingerprint density at radius 2 is 2.00 bits per heavy atom. The zero-order valence-corrected chi connectivity index (χ0v) is 11.0. The van der Waals surface area contributed by atoms with Gasteiger partial charge in [-0.05, 0) is 19.0 Å². The van der Waals surface area contributed by atoms with E-state index in [4.69, 9.17) is 9.52 Å². The summed E-state index contributed by atoms with van der Waals surface area (Å²) in [6.45, 7) is 3.54. The molecule has 110 valence electrons. The lowest BCUT2D eigenvalue weighted by Crippen LogP contribution is -2.33. The monoisotopic (exact) mass is 283 g/mol. The number of furan rings is 1. The Morgan fingerprint density at radius 3 is 2.65 bits per heavy atom. The van der Waals surface area contributed by atoms with E-state index >= 15 is 0 Å². The Hall–Kier alpha value is -1.93. The van der Waals surface area contributed by atoms with Crippen molar-refractivity contribution in [1.82, 2.24) is 9.80 Å². The van der Waals surface area contributed by atoms with Crippen LogP contribution in [-0.2, 0) is 11.3 Å². The molecule has 1 aromatic heterocycles. The lowest BCUT2D eigenvalue weighted by atomic mass is 10.3. The standard InChI is InChI=1S/C12H17N3O5/c16-12(17)9-14-5-1-4-13(6-7-14)8-10-2-3-11(20-10)15(18)19/h2-3H,1,4-9H2,(H,16,17). The Kier molecular flexibility index (Phi) is 4.70. The molecule has 1 fully saturated rings. The van der Waals surface area contributed by atoms with Crippen molar-refractivity contribution in [2.45, 2.75) is 13.0 Å². The van der Waals surface area contributed by atoms with E-state index in [0.717, 1.165) is 26.1 Å². The third-order valence-electron chi connectivity index (χ3n) is 3.25. The van der Waals surface area contributed by atoms with Gasteiger partial charge in [-0.2, -0.15) is 0 Å². The van der Waals surface area contributed by atoms with Crippen molar-refractivity contribution >= 4 is 11.9 Å². The molecule has 0 radical (unpaired) electrons. The van der Waals surface area contributed by atoms with E-state index in [1.165, 1.54) is 6.07 Å². The van der Waals surface area contributed by atoms with Crippen molar-refractivity contribution in [3.05, 3.63) is 28.0 Å². The Bertz CT molecular complexity index is 487. The molecular weight excluding hydrogens is 266 g/mol. The maximum Gasteiger partial charge on any atom is 0.433 e. The summed E-state index contributed by atoms with van der Waals surface area (Å²) in [5, 5.41) is 19.3. The normalized spacial score (nSPS) is 17.8. The first-order valence-corrected chi connectivity index (χ1v) is 6.44. The SMILES string of the molecule is O=C(O)CN1CCCN(Cc2ccc([N+](=O)[O-])o2)CC1. The van der Waals surface area contributed by atoms with Gasteiger partial charge in [0.2, 0.25) is 0 Å². The van der Waals surface area contributed by atoms with Crippen molar-refractivity contribution in [1.29, 1.82) is 0 Å². The van der Waals surface area contributed by atoms with Gasteiger partial charge in [-0.15, -0.1) is 0 Å². The Labute approximate surface area is 115 Å². The molecule has 8 nitrogen and oxygen atoms in total. The highest BCUT2D eigenvalue weighted by Gasteiger charge is 2.19. The average molecular weight is 283 g/mol. The molecule has 8 heteroatoms. The van der Waals surface area contributed by atoms with Crippen molar-refractivity contribution in [2.75, 3.05) is 32.7 Å². The Morgan fingerprint density at radius 1 is 1.30 bits per heavy atom. The first-order valence-electron chi connectivity index (χ1n) is 6.44. The molecular formula is C12H17N3O5. The molecule has 1 saturated heterocycles. The minimum absolute atomic E-state index is 0.0556. The van der Waals surface area contributed by atoms with Crippen LogP contribution in [0.1, 0.15) is 12.2 Å². The van der Waals surface area contributed by atoms with Gasteiger partial charge in [0, 0.05) is 19.6 Å². The number of nitro groups is 1. The van der Waals surface area contributed by atoms with Crippen LogP contribution in [0.25, 0.3) is 0 Å². The number of nitrogens with zero attached hydrogens (tertiary/aromatic N) is 3. The molecule has 0 bridgehead atoms. The second-order valence-electron chi connectivity index (χ2n) is 4.80. The molecule has 1 aromatic rings. The fourth-order valence-corrected chi connectivity index (χ4v) is 2.30. The van der Waals surface area contributed by atoms with Crippen LogP contribution in [0.5, 0.6) is 0 Å². The third kappa shape index (κ3) is 4.04. The molecule has 0 aromatic carbocycles. The van der Waals surface area contributed by atoms with Crippen molar-refractivity contribution < 1.29 is 19.2 Å². The maximum absolute atomic E-state index is 10.7. The van der Waals surface area contributed by atoms with E-state index in [2.05, 4.69) is 4.90 Å². The molecule has 0 amide bonds. The highest BCUT2D eigenvalue weighted by atomic mass is 16.6. The lowest BCUT2D eigenvalue weighted by molar-refractivity contribution is -0.402. The fraction of sp³-hybridized carbons (Fsp3) is 0.583. The molecule has 0 unspecified atom stereocenters. The number of aliphatic carboxylic acids is 1. The fourth-order valence-electron chi connectivity index (χ4n) is 2.30. The van der Waals surface area contributed by atoms with Crippen molar-refractivity contribution in [3.8, 4) is 0 Å². The van der Waals surface area contributed by atoms with E-state index in [-0.39, 0.29) is 12.4 Å². The largest absolute Gasteiger partial charge is 0.480 e. The van der Waals surface area contributed by atoms with E-state index < -0.39 is 10.9 Å². The van der Waals surface area contributed by atoms with Crippen LogP contribution in [0, 0.1) is 10.1 Å². The van der Waals surface area contributed by atoms with Gasteiger partial charge < -0.3 is 9.52 Å². The zero-order chi connectivity index (χ0) is 14.5. The topological polar surface area (TPSA) is 100 Å². The van der Waals surface area contributed by atoms with Gasteiger partial charge in [0.1, 0.15) is 10.7 Å². The molecule has 1 aliphatic rings. The molecule has 0 saturated carbocycles. The van der Waals surface area contributed by atoms with E-state index in [9.17, 15) is 14.9 Å². The first-order chi connectivity index (χ1) is 9.54. The average Bonchev–Trinajstić information content (AvgIpc) is 2.73. The predicted octanol–water partition coefficient (Wildman–Crippen LogP) is 0.780. The number of hydrogen-bond acceptors (Lipinski definition) is 6. The highest BCUT2D eigenvalue weighted by Crippen LogP contribution is 2.17. The summed E-state index contributed by atoms with van der Waals surface area (Å²) in [6, 6.07) is 2.96. The van der Waals surface area contributed by atoms with Gasteiger partial charge in [-0.25, -0.2) is 0 Å². The molecule has 2 rings (SSSR count). The quantitative estimate of drug-likeness (QED) is 0.629. The molecule has 0 aliphatic carbocycles. The number of carbonyl (C=O) groups is 1. The van der Waals surface area contributed by atoms with Gasteiger partial charge in [0.15, 0.2) is 0 Å². The van der Waals surface area contributed by atoms with Crippen LogP contribution in [0.4, 0.5) is 5.88 Å². The second-order valence-corrected chi connectivity index (χ2v) is 4.80. The first kappa shape index (κ1) is 14.5. The molecule has 0 atom stereocenters. The minimum Gasteiger partial charge on any atom is -0.480 e. The summed E-state index contributed by atoms with van der Waals surface area (Å²) >= 11 is 0. The van der Waals surface area contributed by atoms with Gasteiger partial charge >= 0.3 is 11.9 Å². The van der Waals surface area contributed by atoms with Crippen LogP contribution in [-0.4, -0.2) is 58.5 Å². The second kappa shape index (κ2) is 6.49. The molecule has 2 heterocycles. The lowest BCUT2D eigenvalue weighted by Gasteiger charge is -2.19. The molecule has 1 aliphatic heterocycles. The van der Waals surface area contributed by atoms with Gasteiger partial charge in [-0.3, -0.25) is 24.7 Å². The van der Waals surface area contributed by atoms with Crippen LogP contribution < -0.4 is 0 Å². The summed E-state index contributed by atoms with van der Waals surface area (Å²) in [6.07, 6.45) is 0.871. The number of hydrogen-bond donors (Lipinski definition) is 1. The summed E-state index contributed by atoms with van der Waals surface area (Å²) in [5.41, 5.74) is 0. The van der Waals surface area contributed by atoms with Crippen LogP contribution in [0.15, 0.2) is 16.5 Å². The number of rotatable bonds is 5. The molecule has 20 heavy (non-hydrogen) atoms. The molecule has 1 N–H and O–H groups in total. The summed E-state index contributed by atoms with van der Waals surface area (Å²) < 4.78 is 5.13. The van der Waals surface area contributed by atoms with Crippen molar-refractivity contribution in [3.63, 3.8) is 0 Å². The summed E-state index contributed by atoms with van der Waals surface area (Å²) in [4.78, 5) is 24.7.